The Balaban J connectivity index is 0.000000505. The Morgan fingerprint density at radius 3 is 2.24 bits per heavy atom. The SMILES string of the molecule is CS(=O)(=O)N1CC[C@@]2(C(=O)Nc3ccccc3)CCN(C(=O)c3cccnc3)CC[C@@H]12.O=C(O)C(F)(F)F. The lowest BCUT2D eigenvalue weighted by Gasteiger charge is -2.34. The molecule has 2 saturated heterocycles. The van der Waals surface area contributed by atoms with Crippen LogP contribution >= 0.6 is 0 Å². The molecule has 2 amide bonds. The highest BCUT2D eigenvalue weighted by Gasteiger charge is 2.56. The third-order valence-electron chi connectivity index (χ3n) is 6.61. The second-order valence-corrected chi connectivity index (χ2v) is 10.9. The fraction of sp³-hybridized carbons (Fsp3) is 0.417. The van der Waals surface area contributed by atoms with Crippen molar-refractivity contribution < 1.29 is 41.1 Å². The Morgan fingerprint density at radius 1 is 1.05 bits per heavy atom. The van der Waals surface area contributed by atoms with E-state index in [1.807, 2.05) is 30.3 Å². The summed E-state index contributed by atoms with van der Waals surface area (Å²) in [5.41, 5.74) is 0.270. The van der Waals surface area contributed by atoms with Crippen LogP contribution in [0.25, 0.3) is 0 Å². The number of nitrogens with zero attached hydrogens (tertiary/aromatic N) is 3. The zero-order valence-electron chi connectivity index (χ0n) is 20.4. The summed E-state index contributed by atoms with van der Waals surface area (Å²) in [6.07, 6.45) is 0.459. The zero-order chi connectivity index (χ0) is 28.1. The van der Waals surface area contributed by atoms with Crippen LogP contribution in [-0.2, 0) is 19.6 Å². The number of amides is 2. The van der Waals surface area contributed by atoms with E-state index < -0.39 is 33.6 Å². The van der Waals surface area contributed by atoms with Crippen LogP contribution in [0.4, 0.5) is 18.9 Å². The minimum Gasteiger partial charge on any atom is -0.475 e. The third-order valence-corrected chi connectivity index (χ3v) is 7.90. The molecule has 2 fully saturated rings. The van der Waals surface area contributed by atoms with Gasteiger partial charge in [-0.15, -0.1) is 0 Å². The molecule has 1 aromatic heterocycles. The Bertz CT molecular complexity index is 1260. The molecule has 2 aliphatic heterocycles. The number of benzene rings is 1. The summed E-state index contributed by atoms with van der Waals surface area (Å²) in [6.45, 7) is 1.07. The number of nitrogens with one attached hydrogen (secondary N) is 1. The lowest BCUT2D eigenvalue weighted by Crippen LogP contribution is -2.48. The van der Waals surface area contributed by atoms with Crippen LogP contribution in [0.2, 0.25) is 0 Å². The van der Waals surface area contributed by atoms with Crippen molar-refractivity contribution in [2.45, 2.75) is 31.5 Å². The number of carbonyl (C=O) groups excluding carboxylic acids is 2. The van der Waals surface area contributed by atoms with Gasteiger partial charge in [-0.25, -0.2) is 13.2 Å². The Kier molecular flexibility index (Phi) is 8.77. The Morgan fingerprint density at radius 2 is 1.68 bits per heavy atom. The summed E-state index contributed by atoms with van der Waals surface area (Å²) in [5.74, 6) is -3.10. The number of para-hydroxylation sites is 1. The number of rotatable bonds is 4. The summed E-state index contributed by atoms with van der Waals surface area (Å²) in [5, 5.41) is 10.1. The van der Waals surface area contributed by atoms with E-state index >= 15 is 0 Å². The number of aliphatic carboxylic acids is 1. The number of likely N-dealkylation sites (tertiary alicyclic amines) is 1. The van der Waals surface area contributed by atoms with Crippen molar-refractivity contribution in [2.75, 3.05) is 31.2 Å². The average molecular weight is 557 g/mol. The van der Waals surface area contributed by atoms with E-state index in [4.69, 9.17) is 9.90 Å². The fourth-order valence-corrected chi connectivity index (χ4v) is 5.96. The number of sulfonamides is 1. The van der Waals surface area contributed by atoms with E-state index in [0.29, 0.717) is 50.1 Å². The molecule has 0 spiro atoms. The molecule has 1 aromatic carbocycles. The van der Waals surface area contributed by atoms with Crippen molar-refractivity contribution in [1.82, 2.24) is 14.2 Å². The second-order valence-electron chi connectivity index (χ2n) is 8.99. The van der Waals surface area contributed by atoms with E-state index in [1.54, 1.807) is 23.2 Å². The molecule has 2 aliphatic rings. The van der Waals surface area contributed by atoms with Crippen LogP contribution in [-0.4, -0.2) is 83.6 Å². The van der Waals surface area contributed by atoms with Crippen molar-refractivity contribution >= 4 is 33.5 Å². The highest BCUT2D eigenvalue weighted by Crippen LogP contribution is 2.45. The molecule has 2 aromatic rings. The number of hydrogen-bond acceptors (Lipinski definition) is 6. The zero-order valence-corrected chi connectivity index (χ0v) is 21.2. The maximum absolute atomic E-state index is 13.5. The predicted molar refractivity (Wildman–Crippen MR) is 131 cm³/mol. The van der Waals surface area contributed by atoms with Gasteiger partial charge in [-0.3, -0.25) is 14.6 Å². The summed E-state index contributed by atoms with van der Waals surface area (Å²) >= 11 is 0. The molecule has 38 heavy (non-hydrogen) atoms. The van der Waals surface area contributed by atoms with E-state index in [0.717, 1.165) is 0 Å². The van der Waals surface area contributed by atoms with Crippen molar-refractivity contribution in [2.24, 2.45) is 5.41 Å². The van der Waals surface area contributed by atoms with Crippen LogP contribution in [0.3, 0.4) is 0 Å². The maximum atomic E-state index is 13.5. The lowest BCUT2D eigenvalue weighted by molar-refractivity contribution is -0.192. The van der Waals surface area contributed by atoms with Gasteiger partial charge in [0.05, 0.1) is 17.2 Å². The monoisotopic (exact) mass is 556 g/mol. The molecule has 0 aliphatic carbocycles. The molecule has 14 heteroatoms. The molecular formula is C24H27F3N4O6S. The highest BCUT2D eigenvalue weighted by molar-refractivity contribution is 7.88. The summed E-state index contributed by atoms with van der Waals surface area (Å²) in [7, 11) is -3.48. The molecule has 2 N–H and O–H groups in total. The van der Waals surface area contributed by atoms with Crippen LogP contribution in [0, 0.1) is 5.41 Å². The number of carboxylic acids is 1. The number of hydrogen-bond donors (Lipinski definition) is 2. The average Bonchev–Trinajstić information content (AvgIpc) is 3.14. The van der Waals surface area contributed by atoms with Gasteiger partial charge in [0, 0.05) is 43.8 Å². The predicted octanol–water partition coefficient (Wildman–Crippen LogP) is 2.61. The fourth-order valence-electron chi connectivity index (χ4n) is 4.77. The third kappa shape index (κ3) is 6.67. The topological polar surface area (TPSA) is 137 Å². The molecule has 4 rings (SSSR count). The van der Waals surface area contributed by atoms with Crippen LogP contribution in [0.5, 0.6) is 0 Å². The van der Waals surface area contributed by atoms with Crippen molar-refractivity contribution in [1.29, 1.82) is 0 Å². The minimum absolute atomic E-state index is 0.155. The molecule has 206 valence electrons. The van der Waals surface area contributed by atoms with Crippen LogP contribution in [0.1, 0.15) is 29.6 Å². The molecule has 3 heterocycles. The van der Waals surface area contributed by atoms with E-state index in [9.17, 15) is 31.2 Å². The van der Waals surface area contributed by atoms with Gasteiger partial charge >= 0.3 is 12.1 Å². The van der Waals surface area contributed by atoms with Gasteiger partial charge in [0.15, 0.2) is 0 Å². The lowest BCUT2D eigenvalue weighted by atomic mass is 9.76. The number of fused-ring (bicyclic) bond motifs is 1. The summed E-state index contributed by atoms with van der Waals surface area (Å²) < 4.78 is 58.1. The standard InChI is InChI=1S/C22H26N4O4S.C2HF3O2/c1-31(29,30)26-15-11-22(21(28)24-18-7-3-2-4-8-18)10-14-25(13-9-19(22)26)20(27)17-6-5-12-23-16-17;3-2(4,5)1(6)7/h2-8,12,16,19H,9-11,13-15H2,1H3,(H,24,28);(H,6,7)/t19-,22+;/m1./s1. The van der Waals surface area contributed by atoms with Crippen molar-refractivity contribution in [3.63, 3.8) is 0 Å². The smallest absolute Gasteiger partial charge is 0.475 e. The first-order valence-electron chi connectivity index (χ1n) is 11.6. The highest BCUT2D eigenvalue weighted by atomic mass is 32.2. The number of anilines is 1. The number of aromatic nitrogens is 1. The summed E-state index contributed by atoms with van der Waals surface area (Å²) in [6, 6.07) is 12.1. The molecule has 0 unspecified atom stereocenters. The molecular weight excluding hydrogens is 529 g/mol. The molecule has 10 nitrogen and oxygen atoms in total. The van der Waals surface area contributed by atoms with Gasteiger partial charge in [-0.1, -0.05) is 18.2 Å². The number of carbonyl (C=O) groups is 3. The van der Waals surface area contributed by atoms with Gasteiger partial charge in [0.2, 0.25) is 15.9 Å². The summed E-state index contributed by atoms with van der Waals surface area (Å²) in [4.78, 5) is 41.1. The second kappa shape index (κ2) is 11.5. The first kappa shape index (κ1) is 29.0. The molecule has 2 atom stereocenters. The molecule has 0 saturated carbocycles. The van der Waals surface area contributed by atoms with Gasteiger partial charge in [-0.2, -0.15) is 17.5 Å². The first-order valence-corrected chi connectivity index (χ1v) is 13.4. The quantitative estimate of drug-likeness (QED) is 0.591. The minimum atomic E-state index is -5.08. The van der Waals surface area contributed by atoms with E-state index in [2.05, 4.69) is 10.3 Å². The Labute approximate surface area is 217 Å². The van der Waals surface area contributed by atoms with Gasteiger partial charge in [0.1, 0.15) is 0 Å². The van der Waals surface area contributed by atoms with Crippen LogP contribution in [0.15, 0.2) is 54.9 Å². The van der Waals surface area contributed by atoms with E-state index in [1.165, 1.54) is 16.8 Å². The van der Waals surface area contributed by atoms with Gasteiger partial charge in [0.25, 0.3) is 5.91 Å². The number of pyridine rings is 1. The number of halogens is 3. The molecule has 0 radical (unpaired) electrons. The maximum Gasteiger partial charge on any atom is 0.490 e. The Hall–Kier alpha value is -3.52. The first-order chi connectivity index (χ1) is 17.8. The molecule has 0 bridgehead atoms. The van der Waals surface area contributed by atoms with Crippen molar-refractivity contribution in [3.05, 3.63) is 60.4 Å². The van der Waals surface area contributed by atoms with Gasteiger partial charge < -0.3 is 15.3 Å². The normalized spacial score (nSPS) is 21.9. The van der Waals surface area contributed by atoms with Crippen LogP contribution < -0.4 is 5.32 Å². The van der Waals surface area contributed by atoms with Gasteiger partial charge in [-0.05, 0) is 43.5 Å². The number of carboxylic acid groups (broad SMARTS) is 1. The van der Waals surface area contributed by atoms with Crippen molar-refractivity contribution in [3.8, 4) is 0 Å². The van der Waals surface area contributed by atoms with E-state index in [-0.39, 0.29) is 11.8 Å². The largest absolute Gasteiger partial charge is 0.490 e. The number of alkyl halides is 3.